The van der Waals surface area contributed by atoms with Gasteiger partial charge in [0.2, 0.25) is 0 Å². The van der Waals surface area contributed by atoms with Gasteiger partial charge in [-0.2, -0.15) is 0 Å². The summed E-state index contributed by atoms with van der Waals surface area (Å²) in [5.74, 6) is 0.608. The molecule has 0 spiro atoms. The molecule has 0 aliphatic heterocycles. The van der Waals surface area contributed by atoms with Crippen molar-refractivity contribution in [2.45, 2.75) is 0 Å². The van der Waals surface area contributed by atoms with Crippen LogP contribution in [-0.2, 0) is 0 Å². The summed E-state index contributed by atoms with van der Waals surface area (Å²) in [5, 5.41) is 3.64. The van der Waals surface area contributed by atoms with Gasteiger partial charge in [0.1, 0.15) is 5.82 Å². The minimum Gasteiger partial charge on any atom is -0.397 e. The minimum absolute atomic E-state index is 0.570. The van der Waals surface area contributed by atoms with E-state index in [2.05, 4.69) is 10.3 Å². The number of anilines is 3. The van der Waals surface area contributed by atoms with Crippen LogP contribution in [0.3, 0.4) is 0 Å². The average molecular weight is 220 g/mol. The van der Waals surface area contributed by atoms with Crippen LogP contribution in [0.15, 0.2) is 42.6 Å². The largest absolute Gasteiger partial charge is 0.397 e. The maximum atomic E-state index is 5.96. The number of pyridine rings is 1. The van der Waals surface area contributed by atoms with E-state index < -0.39 is 0 Å². The van der Waals surface area contributed by atoms with Crippen LogP contribution in [0, 0.1) is 0 Å². The highest BCUT2D eigenvalue weighted by atomic mass is 35.5. The lowest BCUT2D eigenvalue weighted by molar-refractivity contribution is 1.31. The second-order valence-electron chi connectivity index (χ2n) is 3.05. The Balaban J connectivity index is 2.30. The first-order valence-electron chi connectivity index (χ1n) is 4.49. The second kappa shape index (κ2) is 4.19. The topological polar surface area (TPSA) is 50.9 Å². The van der Waals surface area contributed by atoms with E-state index in [0.717, 1.165) is 5.69 Å². The molecule has 0 amide bonds. The third-order valence-corrected chi connectivity index (χ3v) is 2.28. The molecular formula is C11H10ClN3. The Morgan fingerprint density at radius 3 is 2.67 bits per heavy atom. The summed E-state index contributed by atoms with van der Waals surface area (Å²) in [6, 6.07) is 11.0. The summed E-state index contributed by atoms with van der Waals surface area (Å²) in [6.45, 7) is 0. The van der Waals surface area contributed by atoms with E-state index in [1.807, 2.05) is 24.3 Å². The number of nitrogens with one attached hydrogen (secondary N) is 1. The van der Waals surface area contributed by atoms with Crippen molar-refractivity contribution >= 4 is 28.8 Å². The normalized spacial score (nSPS) is 9.93. The third-order valence-electron chi connectivity index (χ3n) is 1.97. The SMILES string of the molecule is Nc1ccccc1Nc1ncccc1Cl. The molecule has 1 heterocycles. The Morgan fingerprint density at radius 1 is 1.13 bits per heavy atom. The molecule has 0 unspecified atom stereocenters. The molecule has 0 saturated heterocycles. The van der Waals surface area contributed by atoms with Crippen LogP contribution >= 0.6 is 11.6 Å². The van der Waals surface area contributed by atoms with Gasteiger partial charge in [0.25, 0.3) is 0 Å². The van der Waals surface area contributed by atoms with Gasteiger partial charge in [-0.3, -0.25) is 0 Å². The number of hydrogen-bond donors (Lipinski definition) is 2. The van der Waals surface area contributed by atoms with Gasteiger partial charge in [-0.1, -0.05) is 23.7 Å². The summed E-state index contributed by atoms with van der Waals surface area (Å²) >= 11 is 5.96. The van der Waals surface area contributed by atoms with Crippen molar-refractivity contribution in [1.82, 2.24) is 4.98 Å². The van der Waals surface area contributed by atoms with E-state index in [0.29, 0.717) is 16.5 Å². The van der Waals surface area contributed by atoms with Crippen molar-refractivity contribution in [2.75, 3.05) is 11.1 Å². The lowest BCUT2D eigenvalue weighted by atomic mass is 10.2. The van der Waals surface area contributed by atoms with Gasteiger partial charge < -0.3 is 11.1 Å². The van der Waals surface area contributed by atoms with Crippen molar-refractivity contribution in [3.63, 3.8) is 0 Å². The van der Waals surface area contributed by atoms with Crippen LogP contribution in [-0.4, -0.2) is 4.98 Å². The number of halogens is 1. The smallest absolute Gasteiger partial charge is 0.149 e. The monoisotopic (exact) mass is 219 g/mol. The van der Waals surface area contributed by atoms with E-state index in [-0.39, 0.29) is 0 Å². The van der Waals surface area contributed by atoms with Crippen LogP contribution in [0.2, 0.25) is 5.02 Å². The molecule has 1 aromatic heterocycles. The Labute approximate surface area is 92.9 Å². The molecule has 0 aliphatic carbocycles. The Hall–Kier alpha value is -1.74. The number of aromatic nitrogens is 1. The molecule has 0 atom stereocenters. The van der Waals surface area contributed by atoms with E-state index in [1.165, 1.54) is 0 Å². The molecule has 15 heavy (non-hydrogen) atoms. The summed E-state index contributed by atoms with van der Waals surface area (Å²) in [5.41, 5.74) is 7.25. The molecule has 3 nitrogen and oxygen atoms in total. The number of hydrogen-bond acceptors (Lipinski definition) is 3. The molecule has 2 aromatic rings. The van der Waals surface area contributed by atoms with E-state index in [4.69, 9.17) is 17.3 Å². The zero-order valence-corrected chi connectivity index (χ0v) is 8.70. The number of benzene rings is 1. The van der Waals surface area contributed by atoms with Crippen LogP contribution in [0.25, 0.3) is 0 Å². The Morgan fingerprint density at radius 2 is 1.93 bits per heavy atom. The maximum Gasteiger partial charge on any atom is 0.149 e. The van der Waals surface area contributed by atoms with Crippen LogP contribution in [0.5, 0.6) is 0 Å². The van der Waals surface area contributed by atoms with Gasteiger partial charge in [-0.25, -0.2) is 4.98 Å². The molecule has 0 fully saturated rings. The molecular weight excluding hydrogens is 210 g/mol. The van der Waals surface area contributed by atoms with Crippen molar-refractivity contribution in [3.05, 3.63) is 47.6 Å². The molecule has 1 aromatic carbocycles. The standard InChI is InChI=1S/C11H10ClN3/c12-8-4-3-7-14-11(8)15-10-6-2-1-5-9(10)13/h1-7H,13H2,(H,14,15). The van der Waals surface area contributed by atoms with Crippen molar-refractivity contribution < 1.29 is 0 Å². The van der Waals surface area contributed by atoms with Gasteiger partial charge in [0.05, 0.1) is 16.4 Å². The molecule has 3 N–H and O–H groups in total. The zero-order chi connectivity index (χ0) is 10.7. The number of para-hydroxylation sites is 2. The highest BCUT2D eigenvalue weighted by molar-refractivity contribution is 6.33. The molecule has 2 rings (SSSR count). The predicted octanol–water partition coefficient (Wildman–Crippen LogP) is 3.06. The van der Waals surface area contributed by atoms with Crippen LogP contribution < -0.4 is 11.1 Å². The fourth-order valence-corrected chi connectivity index (χ4v) is 1.38. The summed E-state index contributed by atoms with van der Waals surface area (Å²) in [7, 11) is 0. The molecule has 0 bridgehead atoms. The fraction of sp³-hybridized carbons (Fsp3) is 0. The summed E-state index contributed by atoms with van der Waals surface area (Å²) < 4.78 is 0. The maximum absolute atomic E-state index is 5.96. The first-order chi connectivity index (χ1) is 7.27. The lowest BCUT2D eigenvalue weighted by Crippen LogP contribution is -1.97. The first kappa shape index (κ1) is 9.80. The van der Waals surface area contributed by atoms with Crippen LogP contribution in [0.4, 0.5) is 17.2 Å². The van der Waals surface area contributed by atoms with Gasteiger partial charge >= 0.3 is 0 Å². The van der Waals surface area contributed by atoms with Crippen molar-refractivity contribution in [1.29, 1.82) is 0 Å². The number of nitrogens with zero attached hydrogens (tertiary/aromatic N) is 1. The number of nitrogen functional groups attached to an aromatic ring is 1. The first-order valence-corrected chi connectivity index (χ1v) is 4.87. The van der Waals surface area contributed by atoms with E-state index in [9.17, 15) is 0 Å². The Kier molecular flexibility index (Phi) is 2.74. The minimum atomic E-state index is 0.570. The average Bonchev–Trinajstić information content (AvgIpc) is 2.24. The molecule has 0 saturated carbocycles. The number of rotatable bonds is 2. The Bertz CT molecular complexity index is 427. The van der Waals surface area contributed by atoms with Gasteiger partial charge in [-0.05, 0) is 24.3 Å². The molecule has 76 valence electrons. The second-order valence-corrected chi connectivity index (χ2v) is 3.45. The van der Waals surface area contributed by atoms with Gasteiger partial charge in [0, 0.05) is 6.20 Å². The summed E-state index contributed by atoms with van der Waals surface area (Å²) in [6.07, 6.45) is 1.67. The van der Waals surface area contributed by atoms with Gasteiger partial charge in [-0.15, -0.1) is 0 Å². The van der Waals surface area contributed by atoms with Gasteiger partial charge in [0.15, 0.2) is 0 Å². The quantitative estimate of drug-likeness (QED) is 0.764. The fourth-order valence-electron chi connectivity index (χ4n) is 1.22. The van der Waals surface area contributed by atoms with E-state index >= 15 is 0 Å². The zero-order valence-electron chi connectivity index (χ0n) is 7.94. The summed E-state index contributed by atoms with van der Waals surface area (Å²) in [4.78, 5) is 4.12. The lowest BCUT2D eigenvalue weighted by Gasteiger charge is -2.08. The predicted molar refractivity (Wildman–Crippen MR) is 63.4 cm³/mol. The third kappa shape index (κ3) is 2.19. The van der Waals surface area contributed by atoms with Crippen molar-refractivity contribution in [2.24, 2.45) is 0 Å². The van der Waals surface area contributed by atoms with Crippen LogP contribution in [0.1, 0.15) is 0 Å². The van der Waals surface area contributed by atoms with E-state index in [1.54, 1.807) is 18.3 Å². The highest BCUT2D eigenvalue weighted by Gasteiger charge is 2.02. The molecule has 0 aliphatic rings. The molecule has 0 radical (unpaired) electrons. The molecule has 4 heteroatoms. The van der Waals surface area contributed by atoms with Crippen molar-refractivity contribution in [3.8, 4) is 0 Å². The highest BCUT2D eigenvalue weighted by Crippen LogP contribution is 2.25. The number of nitrogens with two attached hydrogens (primary N) is 1.